The number of nitrogens with zero attached hydrogens (tertiary/aromatic N) is 4. The van der Waals surface area contributed by atoms with Crippen LogP contribution in [0.1, 0.15) is 39.2 Å². The van der Waals surface area contributed by atoms with E-state index in [1.165, 1.54) is 12.3 Å². The lowest BCUT2D eigenvalue weighted by Crippen LogP contribution is -2.35. The molecule has 0 saturated heterocycles. The summed E-state index contributed by atoms with van der Waals surface area (Å²) < 4.78 is 80.4. The number of ketones is 1. The molecule has 3 N–H and O–H groups in total. The third kappa shape index (κ3) is 5.59. The van der Waals surface area contributed by atoms with Gasteiger partial charge in [0.15, 0.2) is 0 Å². The van der Waals surface area contributed by atoms with Gasteiger partial charge in [-0.25, -0.2) is 9.97 Å². The maximum atomic E-state index is 13.4. The quantitative estimate of drug-likeness (QED) is 0.332. The van der Waals surface area contributed by atoms with E-state index in [4.69, 9.17) is 0 Å². The minimum absolute atomic E-state index is 0.0251. The van der Waals surface area contributed by atoms with Gasteiger partial charge in [-0.2, -0.15) is 31.4 Å². The smallest absolute Gasteiger partial charge is 0.390 e. The van der Waals surface area contributed by atoms with E-state index >= 15 is 0 Å². The molecule has 0 amide bonds. The molecule has 37 heavy (non-hydrogen) atoms. The Bertz CT molecular complexity index is 1290. The number of carbonyl (C=O) groups is 1. The topological polar surface area (TPSA) is 113 Å². The van der Waals surface area contributed by atoms with Crippen molar-refractivity contribution in [1.82, 2.24) is 19.7 Å². The molecule has 4 atom stereocenters. The average molecular weight is 528 g/mol. The number of aliphatic hydroxyl groups excluding tert-OH is 2. The fourth-order valence-corrected chi connectivity index (χ4v) is 4.11. The molecule has 2 heterocycles. The van der Waals surface area contributed by atoms with Crippen LogP contribution in [-0.2, 0) is 18.9 Å². The molecule has 2 aromatic heterocycles. The van der Waals surface area contributed by atoms with Crippen molar-refractivity contribution in [3.63, 3.8) is 0 Å². The van der Waals surface area contributed by atoms with Crippen LogP contribution in [0.3, 0.4) is 0 Å². The standard InChI is InChI=1S/C23H20F6N5O3/c1-11-6-17(20(37)18(11)35)32-21-14(8-30-10-31-21)19(36)16-4-5-34(33-16)9-12-7-13(22(24,25)26)2-3-15(12)23(27,28)29/h2-5,7-8,10-11,17-18,20,35,37H,1,6,9H2,(H,30,31,32)/t11-,17-,18-,20+/m1/s1. The summed E-state index contributed by atoms with van der Waals surface area (Å²) in [6, 6.07) is 1.64. The number of alkyl halides is 6. The van der Waals surface area contributed by atoms with Crippen LogP contribution in [0.5, 0.6) is 0 Å². The zero-order valence-electron chi connectivity index (χ0n) is 18.8. The fourth-order valence-electron chi connectivity index (χ4n) is 4.11. The number of hydrogen-bond acceptors (Lipinski definition) is 7. The highest BCUT2D eigenvalue weighted by molar-refractivity contribution is 6.10. The molecule has 14 heteroatoms. The first-order valence-corrected chi connectivity index (χ1v) is 10.9. The van der Waals surface area contributed by atoms with E-state index < -0.39 is 65.5 Å². The largest absolute Gasteiger partial charge is 0.416 e. The van der Waals surface area contributed by atoms with Crippen molar-refractivity contribution in [2.45, 2.75) is 43.6 Å². The summed E-state index contributed by atoms with van der Waals surface area (Å²) in [5.41, 5.74) is -3.48. The molecule has 0 unspecified atom stereocenters. The van der Waals surface area contributed by atoms with Crippen molar-refractivity contribution in [2.75, 3.05) is 5.32 Å². The number of aliphatic hydroxyl groups is 2. The van der Waals surface area contributed by atoms with Gasteiger partial charge in [-0.1, -0.05) is 0 Å². The fraction of sp³-hybridized carbons (Fsp3) is 0.348. The molecule has 1 aromatic carbocycles. The molecule has 1 saturated carbocycles. The molecular weight excluding hydrogens is 508 g/mol. The summed E-state index contributed by atoms with van der Waals surface area (Å²) in [5, 5.41) is 26.9. The van der Waals surface area contributed by atoms with Gasteiger partial charge in [0.05, 0.1) is 35.4 Å². The normalized spacial score (nSPS) is 22.3. The van der Waals surface area contributed by atoms with E-state index in [-0.39, 0.29) is 23.5 Å². The number of halogens is 6. The van der Waals surface area contributed by atoms with Crippen LogP contribution < -0.4 is 5.32 Å². The highest BCUT2D eigenvalue weighted by Crippen LogP contribution is 2.37. The highest BCUT2D eigenvalue weighted by atomic mass is 19.4. The van der Waals surface area contributed by atoms with E-state index in [1.807, 2.05) is 0 Å². The van der Waals surface area contributed by atoms with Crippen LogP contribution in [0.2, 0.25) is 0 Å². The zero-order chi connectivity index (χ0) is 27.1. The van der Waals surface area contributed by atoms with Gasteiger partial charge in [0, 0.05) is 12.4 Å². The first kappa shape index (κ1) is 26.5. The van der Waals surface area contributed by atoms with E-state index in [2.05, 4.69) is 27.3 Å². The molecule has 3 aromatic rings. The maximum Gasteiger partial charge on any atom is 0.416 e. The van der Waals surface area contributed by atoms with Gasteiger partial charge in [0.2, 0.25) is 5.78 Å². The number of carbonyl (C=O) groups excluding carboxylic acids is 1. The van der Waals surface area contributed by atoms with E-state index in [1.54, 1.807) is 0 Å². The maximum absolute atomic E-state index is 13.4. The van der Waals surface area contributed by atoms with Crippen molar-refractivity contribution in [2.24, 2.45) is 5.92 Å². The molecule has 0 aliphatic heterocycles. The van der Waals surface area contributed by atoms with Crippen LogP contribution >= 0.6 is 0 Å². The molecule has 1 aliphatic rings. The van der Waals surface area contributed by atoms with E-state index in [0.29, 0.717) is 18.2 Å². The van der Waals surface area contributed by atoms with Gasteiger partial charge in [0.1, 0.15) is 23.9 Å². The highest BCUT2D eigenvalue weighted by Gasteiger charge is 2.40. The summed E-state index contributed by atoms with van der Waals surface area (Å²) in [6.07, 6.45) is -8.24. The van der Waals surface area contributed by atoms with Crippen molar-refractivity contribution < 1.29 is 41.4 Å². The summed E-state index contributed by atoms with van der Waals surface area (Å²) in [4.78, 5) is 20.9. The van der Waals surface area contributed by atoms with Crippen LogP contribution in [0, 0.1) is 12.8 Å². The number of aromatic nitrogens is 4. The lowest BCUT2D eigenvalue weighted by atomic mass is 10.0. The number of nitrogens with one attached hydrogen (secondary N) is 1. The van der Waals surface area contributed by atoms with Crippen molar-refractivity contribution in [3.05, 3.63) is 77.9 Å². The van der Waals surface area contributed by atoms with Crippen molar-refractivity contribution in [1.29, 1.82) is 0 Å². The lowest BCUT2D eigenvalue weighted by molar-refractivity contribution is -0.141. The summed E-state index contributed by atoms with van der Waals surface area (Å²) in [6.45, 7) is 3.07. The molecule has 0 bridgehead atoms. The molecule has 1 fully saturated rings. The average Bonchev–Trinajstić information content (AvgIpc) is 3.38. The van der Waals surface area contributed by atoms with Gasteiger partial charge in [-0.3, -0.25) is 9.48 Å². The summed E-state index contributed by atoms with van der Waals surface area (Å²) in [5.74, 6) is -1.15. The predicted molar refractivity (Wildman–Crippen MR) is 116 cm³/mol. The number of hydrogen-bond donors (Lipinski definition) is 3. The van der Waals surface area contributed by atoms with E-state index in [0.717, 1.165) is 17.2 Å². The minimum atomic E-state index is -4.90. The molecule has 1 aliphatic carbocycles. The number of anilines is 1. The van der Waals surface area contributed by atoms with Gasteiger partial charge in [-0.05, 0) is 49.1 Å². The summed E-state index contributed by atoms with van der Waals surface area (Å²) >= 11 is 0. The molecule has 0 spiro atoms. The Kier molecular flexibility index (Phi) is 6.99. The first-order valence-electron chi connectivity index (χ1n) is 10.9. The summed E-state index contributed by atoms with van der Waals surface area (Å²) in [7, 11) is 0. The van der Waals surface area contributed by atoms with Crippen LogP contribution in [-0.4, -0.2) is 54.0 Å². The van der Waals surface area contributed by atoms with E-state index in [9.17, 15) is 41.4 Å². The Morgan fingerprint density at radius 1 is 1.11 bits per heavy atom. The SMILES string of the molecule is [CH2][C@@H]1C[C@@H](Nc2ncncc2C(=O)c2ccn(Cc3cc(C(F)(F)F)ccc3C(F)(F)F)n2)[C@H](O)[C@@H]1O. The second-order valence-corrected chi connectivity index (χ2v) is 8.61. The number of benzene rings is 1. The first-order chi connectivity index (χ1) is 17.3. The van der Waals surface area contributed by atoms with Crippen molar-refractivity contribution >= 4 is 11.6 Å². The van der Waals surface area contributed by atoms with Crippen LogP contribution in [0.25, 0.3) is 0 Å². The third-order valence-corrected chi connectivity index (χ3v) is 6.02. The monoisotopic (exact) mass is 528 g/mol. The third-order valence-electron chi connectivity index (χ3n) is 6.02. The van der Waals surface area contributed by atoms with Gasteiger partial charge < -0.3 is 15.5 Å². The zero-order valence-corrected chi connectivity index (χ0v) is 18.8. The molecule has 1 radical (unpaired) electrons. The Hall–Kier alpha value is -3.52. The lowest BCUT2D eigenvalue weighted by Gasteiger charge is -2.19. The molecular formula is C23H20F6N5O3. The second kappa shape index (κ2) is 9.74. The number of rotatable bonds is 6. The molecule has 8 nitrogen and oxygen atoms in total. The Morgan fingerprint density at radius 2 is 1.84 bits per heavy atom. The van der Waals surface area contributed by atoms with Gasteiger partial charge >= 0.3 is 12.4 Å². The second-order valence-electron chi connectivity index (χ2n) is 8.61. The predicted octanol–water partition coefficient (Wildman–Crippen LogP) is 3.35. The van der Waals surface area contributed by atoms with Gasteiger partial charge in [-0.15, -0.1) is 0 Å². The Balaban J connectivity index is 1.59. The van der Waals surface area contributed by atoms with Crippen LogP contribution in [0.15, 0.2) is 43.0 Å². The van der Waals surface area contributed by atoms with Crippen LogP contribution in [0.4, 0.5) is 32.2 Å². The minimum Gasteiger partial charge on any atom is -0.390 e. The van der Waals surface area contributed by atoms with Gasteiger partial charge in [0.25, 0.3) is 0 Å². The Labute approximate surface area is 206 Å². The Morgan fingerprint density at radius 3 is 2.46 bits per heavy atom. The molecule has 197 valence electrons. The van der Waals surface area contributed by atoms with Crippen molar-refractivity contribution in [3.8, 4) is 0 Å². The molecule has 4 rings (SSSR count).